The number of rotatable bonds is 7. The molecular weight excluding hydrogens is 236 g/mol. The van der Waals surface area contributed by atoms with Gasteiger partial charge in [-0.3, -0.25) is 5.41 Å². The average Bonchev–Trinajstić information content (AvgIpc) is 2.33. The molecule has 0 fully saturated rings. The minimum absolute atomic E-state index is 0.195. The number of benzene rings is 1. The molecule has 1 aromatic rings. The van der Waals surface area contributed by atoms with Crippen molar-refractivity contribution in [2.45, 2.75) is 47.0 Å². The van der Waals surface area contributed by atoms with Crippen LogP contribution >= 0.6 is 0 Å². The standard InChI is InChI=1S/C16H26N2O/c1-12-8-7-9-14(13(12)2)19-11-6-5-10-16(3,4)15(17)18/h7-9H,5-6,10-11H2,1-4H3,(H3,17,18). The highest BCUT2D eigenvalue weighted by atomic mass is 16.5. The van der Waals surface area contributed by atoms with Crippen LogP contribution in [0.4, 0.5) is 0 Å². The van der Waals surface area contributed by atoms with Crippen LogP contribution < -0.4 is 10.5 Å². The van der Waals surface area contributed by atoms with Gasteiger partial charge in [-0.05, 0) is 50.3 Å². The fourth-order valence-electron chi connectivity index (χ4n) is 1.87. The molecule has 0 spiro atoms. The Hall–Kier alpha value is -1.51. The summed E-state index contributed by atoms with van der Waals surface area (Å²) in [6, 6.07) is 6.13. The number of hydrogen-bond donors (Lipinski definition) is 2. The van der Waals surface area contributed by atoms with E-state index in [9.17, 15) is 0 Å². The highest BCUT2D eigenvalue weighted by Gasteiger charge is 2.20. The summed E-state index contributed by atoms with van der Waals surface area (Å²) in [5.41, 5.74) is 7.84. The summed E-state index contributed by atoms with van der Waals surface area (Å²) < 4.78 is 5.81. The maximum absolute atomic E-state index is 7.51. The lowest BCUT2D eigenvalue weighted by atomic mass is 9.86. The van der Waals surface area contributed by atoms with Crippen molar-refractivity contribution in [2.24, 2.45) is 11.1 Å². The van der Waals surface area contributed by atoms with Crippen molar-refractivity contribution in [2.75, 3.05) is 6.61 Å². The van der Waals surface area contributed by atoms with Gasteiger partial charge in [0.15, 0.2) is 0 Å². The predicted octanol–water partition coefficient (Wildman–Crippen LogP) is 3.81. The Morgan fingerprint density at radius 2 is 1.95 bits per heavy atom. The molecule has 0 radical (unpaired) electrons. The molecule has 0 saturated heterocycles. The molecule has 3 N–H and O–H groups in total. The third-order valence-electron chi connectivity index (χ3n) is 3.74. The Morgan fingerprint density at radius 1 is 1.26 bits per heavy atom. The second kappa shape index (κ2) is 6.60. The van der Waals surface area contributed by atoms with Crippen LogP contribution in [0, 0.1) is 24.7 Å². The number of amidine groups is 1. The van der Waals surface area contributed by atoms with E-state index in [0.29, 0.717) is 0 Å². The van der Waals surface area contributed by atoms with Gasteiger partial charge in [-0.2, -0.15) is 0 Å². The molecular formula is C16H26N2O. The molecule has 3 heteroatoms. The van der Waals surface area contributed by atoms with Gasteiger partial charge in [0.25, 0.3) is 0 Å². The van der Waals surface area contributed by atoms with Crippen molar-refractivity contribution >= 4 is 5.84 Å². The number of unbranched alkanes of at least 4 members (excludes halogenated alkanes) is 1. The lowest BCUT2D eigenvalue weighted by Gasteiger charge is -2.22. The highest BCUT2D eigenvalue weighted by molar-refractivity contribution is 5.82. The fraction of sp³-hybridized carbons (Fsp3) is 0.562. The van der Waals surface area contributed by atoms with E-state index in [1.54, 1.807) is 0 Å². The van der Waals surface area contributed by atoms with Gasteiger partial charge in [-0.15, -0.1) is 0 Å². The Bertz CT molecular complexity index is 438. The smallest absolute Gasteiger partial charge is 0.122 e. The molecule has 0 atom stereocenters. The molecule has 0 aliphatic heterocycles. The van der Waals surface area contributed by atoms with E-state index in [4.69, 9.17) is 15.9 Å². The Balaban J connectivity index is 2.32. The van der Waals surface area contributed by atoms with Crippen LogP contribution in [0.15, 0.2) is 18.2 Å². The quantitative estimate of drug-likeness (QED) is 0.446. The van der Waals surface area contributed by atoms with E-state index >= 15 is 0 Å². The first-order valence-electron chi connectivity index (χ1n) is 6.88. The second-order valence-electron chi connectivity index (χ2n) is 5.80. The number of ether oxygens (including phenoxy) is 1. The van der Waals surface area contributed by atoms with E-state index in [1.807, 2.05) is 26.0 Å². The van der Waals surface area contributed by atoms with Crippen molar-refractivity contribution < 1.29 is 4.74 Å². The largest absolute Gasteiger partial charge is 0.493 e. The van der Waals surface area contributed by atoms with Crippen LogP contribution in [-0.4, -0.2) is 12.4 Å². The zero-order chi connectivity index (χ0) is 14.5. The van der Waals surface area contributed by atoms with Gasteiger partial charge in [0.05, 0.1) is 12.4 Å². The maximum atomic E-state index is 7.51. The lowest BCUT2D eigenvalue weighted by molar-refractivity contribution is 0.294. The minimum Gasteiger partial charge on any atom is -0.493 e. The summed E-state index contributed by atoms with van der Waals surface area (Å²) in [5.74, 6) is 1.24. The summed E-state index contributed by atoms with van der Waals surface area (Å²) in [6.07, 6.45) is 2.94. The Labute approximate surface area is 116 Å². The van der Waals surface area contributed by atoms with Gasteiger partial charge in [0.1, 0.15) is 5.75 Å². The van der Waals surface area contributed by atoms with Crippen molar-refractivity contribution in [3.63, 3.8) is 0 Å². The normalized spacial score (nSPS) is 11.4. The van der Waals surface area contributed by atoms with Gasteiger partial charge >= 0.3 is 0 Å². The molecule has 1 rings (SSSR count). The van der Waals surface area contributed by atoms with Crippen LogP contribution in [0.2, 0.25) is 0 Å². The predicted molar refractivity (Wildman–Crippen MR) is 81.0 cm³/mol. The van der Waals surface area contributed by atoms with E-state index in [2.05, 4.69) is 19.9 Å². The molecule has 0 unspecified atom stereocenters. The van der Waals surface area contributed by atoms with Crippen LogP contribution in [0.1, 0.15) is 44.2 Å². The average molecular weight is 262 g/mol. The first kappa shape index (κ1) is 15.5. The molecule has 0 heterocycles. The monoisotopic (exact) mass is 262 g/mol. The van der Waals surface area contributed by atoms with Crippen molar-refractivity contribution in [3.8, 4) is 5.75 Å². The Kier molecular flexibility index (Phi) is 5.40. The zero-order valence-electron chi connectivity index (χ0n) is 12.5. The lowest BCUT2D eigenvalue weighted by Crippen LogP contribution is -2.30. The molecule has 3 nitrogen and oxygen atoms in total. The van der Waals surface area contributed by atoms with E-state index in [1.165, 1.54) is 11.1 Å². The molecule has 0 aliphatic carbocycles. The SMILES string of the molecule is Cc1cccc(OCCCCC(C)(C)C(=N)N)c1C. The number of aryl methyl sites for hydroxylation is 1. The van der Waals surface area contributed by atoms with Crippen molar-refractivity contribution in [1.29, 1.82) is 5.41 Å². The molecule has 19 heavy (non-hydrogen) atoms. The van der Waals surface area contributed by atoms with Gasteiger partial charge < -0.3 is 10.5 Å². The summed E-state index contributed by atoms with van der Waals surface area (Å²) in [7, 11) is 0. The van der Waals surface area contributed by atoms with E-state index in [-0.39, 0.29) is 11.3 Å². The minimum atomic E-state index is -0.195. The van der Waals surface area contributed by atoms with Crippen molar-refractivity contribution in [3.05, 3.63) is 29.3 Å². The molecule has 0 amide bonds. The first-order chi connectivity index (χ1) is 8.84. The van der Waals surface area contributed by atoms with Crippen LogP contribution in [0.5, 0.6) is 5.75 Å². The molecule has 0 saturated carbocycles. The van der Waals surface area contributed by atoms with Gasteiger partial charge in [0.2, 0.25) is 0 Å². The van der Waals surface area contributed by atoms with Gasteiger partial charge in [0, 0.05) is 5.41 Å². The highest BCUT2D eigenvalue weighted by Crippen LogP contribution is 2.24. The molecule has 106 valence electrons. The van der Waals surface area contributed by atoms with Crippen LogP contribution in [0.25, 0.3) is 0 Å². The van der Waals surface area contributed by atoms with Crippen molar-refractivity contribution in [1.82, 2.24) is 0 Å². The summed E-state index contributed by atoms with van der Waals surface area (Å²) in [5, 5.41) is 7.51. The third-order valence-corrected chi connectivity index (χ3v) is 3.74. The zero-order valence-corrected chi connectivity index (χ0v) is 12.5. The van der Waals surface area contributed by atoms with Crippen LogP contribution in [0.3, 0.4) is 0 Å². The topological polar surface area (TPSA) is 59.1 Å². The number of nitrogens with one attached hydrogen (secondary N) is 1. The number of nitrogens with two attached hydrogens (primary N) is 1. The first-order valence-corrected chi connectivity index (χ1v) is 6.88. The summed E-state index contributed by atoms with van der Waals surface area (Å²) in [4.78, 5) is 0. The Morgan fingerprint density at radius 3 is 2.58 bits per heavy atom. The molecule has 0 aromatic heterocycles. The third kappa shape index (κ3) is 4.58. The van der Waals surface area contributed by atoms with Gasteiger partial charge in [-0.1, -0.05) is 26.0 Å². The molecule has 0 aliphatic rings. The maximum Gasteiger partial charge on any atom is 0.122 e. The van der Waals surface area contributed by atoms with Gasteiger partial charge in [-0.25, -0.2) is 0 Å². The molecule has 1 aromatic carbocycles. The number of hydrogen-bond acceptors (Lipinski definition) is 2. The van der Waals surface area contributed by atoms with E-state index < -0.39 is 0 Å². The second-order valence-corrected chi connectivity index (χ2v) is 5.80. The summed E-state index contributed by atoms with van der Waals surface area (Å²) >= 11 is 0. The van der Waals surface area contributed by atoms with Crippen LogP contribution in [-0.2, 0) is 0 Å². The van der Waals surface area contributed by atoms with E-state index in [0.717, 1.165) is 31.6 Å². The molecule has 0 bridgehead atoms. The summed E-state index contributed by atoms with van der Waals surface area (Å²) in [6.45, 7) is 8.93. The fourth-order valence-corrected chi connectivity index (χ4v) is 1.87.